The Bertz CT molecular complexity index is 1480. The lowest BCUT2D eigenvalue weighted by Crippen LogP contribution is -2.32. The van der Waals surface area contributed by atoms with E-state index in [-0.39, 0.29) is 11.8 Å². The second-order valence-corrected chi connectivity index (χ2v) is 11.1. The number of para-hydroxylation sites is 1. The van der Waals surface area contributed by atoms with Gasteiger partial charge in [-0.15, -0.1) is 22.7 Å². The number of aryl methyl sites for hydroxylation is 1. The van der Waals surface area contributed by atoms with E-state index in [1.54, 1.807) is 29.5 Å². The number of fused-ring (bicyclic) bond motifs is 3. The molecule has 0 atom stereocenters. The molecule has 1 aliphatic rings. The van der Waals surface area contributed by atoms with Crippen LogP contribution in [0.15, 0.2) is 47.8 Å². The summed E-state index contributed by atoms with van der Waals surface area (Å²) in [6.07, 6.45) is 0.760. The summed E-state index contributed by atoms with van der Waals surface area (Å²) < 4.78 is 5.29. The molecule has 0 aliphatic carbocycles. The van der Waals surface area contributed by atoms with E-state index in [1.807, 2.05) is 48.4 Å². The van der Waals surface area contributed by atoms with Crippen molar-refractivity contribution in [2.45, 2.75) is 26.8 Å². The molecule has 0 saturated carbocycles. The summed E-state index contributed by atoms with van der Waals surface area (Å²) in [5.41, 5.74) is 4.77. The van der Waals surface area contributed by atoms with Crippen molar-refractivity contribution in [1.82, 2.24) is 10.3 Å². The third-order valence-corrected chi connectivity index (χ3v) is 8.61. The average molecular weight is 538 g/mol. The molecule has 2 amide bonds. The smallest absolute Gasteiger partial charge is 0.259 e. The van der Waals surface area contributed by atoms with E-state index >= 15 is 0 Å². The second kappa shape index (κ2) is 10.0. The van der Waals surface area contributed by atoms with Crippen LogP contribution in [0.25, 0.3) is 11.3 Å². The molecule has 9 heteroatoms. The van der Waals surface area contributed by atoms with Crippen molar-refractivity contribution in [1.29, 1.82) is 0 Å². The maximum absolute atomic E-state index is 13.8. The van der Waals surface area contributed by atoms with Gasteiger partial charge in [0.1, 0.15) is 5.75 Å². The lowest BCUT2D eigenvalue weighted by atomic mass is 10.1. The van der Waals surface area contributed by atoms with Gasteiger partial charge in [0.05, 0.1) is 41.2 Å². The standard InChI is InChI=1S/C27H24ClN3O3S2/c1-15-20(14-35-24(15)13-29-26(32)19-9-8-17(28)12-22(19)34-3)27(33)31-11-10-23-25(30-16(2)36-23)18-6-4-5-7-21(18)31/h4-9,12,14H,10-11,13H2,1-3H3,(H,29,32). The Labute approximate surface area is 222 Å². The molecule has 184 valence electrons. The first-order valence-corrected chi connectivity index (χ1v) is 13.5. The number of hydrogen-bond acceptors (Lipinski definition) is 6. The summed E-state index contributed by atoms with van der Waals surface area (Å²) in [6.45, 7) is 4.84. The van der Waals surface area contributed by atoms with E-state index in [1.165, 1.54) is 23.3 Å². The number of amides is 2. The SMILES string of the molecule is COc1cc(Cl)ccc1C(=O)NCc1scc(C(=O)N2CCc3sc(C)nc3-c3ccccc32)c1C. The highest BCUT2D eigenvalue weighted by Crippen LogP contribution is 2.39. The number of carbonyl (C=O) groups excluding carboxylic acids is 2. The third kappa shape index (κ3) is 4.52. The van der Waals surface area contributed by atoms with Crippen molar-refractivity contribution < 1.29 is 14.3 Å². The summed E-state index contributed by atoms with van der Waals surface area (Å²) in [5.74, 6) is 0.108. The van der Waals surface area contributed by atoms with Gasteiger partial charge < -0.3 is 15.0 Å². The van der Waals surface area contributed by atoms with Gasteiger partial charge in [-0.1, -0.05) is 29.8 Å². The van der Waals surface area contributed by atoms with Crippen LogP contribution in [-0.4, -0.2) is 30.5 Å². The number of aromatic nitrogens is 1. The first-order chi connectivity index (χ1) is 17.4. The average Bonchev–Trinajstić information content (AvgIpc) is 3.39. The number of rotatable bonds is 5. The molecule has 2 aromatic carbocycles. The zero-order valence-electron chi connectivity index (χ0n) is 20.1. The Morgan fingerprint density at radius 3 is 2.78 bits per heavy atom. The molecular formula is C27H24ClN3O3S2. The fourth-order valence-electron chi connectivity index (χ4n) is 4.40. The predicted molar refractivity (Wildman–Crippen MR) is 146 cm³/mol. The molecule has 4 aromatic rings. The highest BCUT2D eigenvalue weighted by Gasteiger charge is 2.28. The topological polar surface area (TPSA) is 71.5 Å². The van der Waals surface area contributed by atoms with Crippen molar-refractivity contribution in [3.8, 4) is 17.0 Å². The van der Waals surface area contributed by atoms with E-state index in [2.05, 4.69) is 5.32 Å². The number of ether oxygens (including phenoxy) is 1. The fourth-order valence-corrected chi connectivity index (χ4v) is 6.48. The van der Waals surface area contributed by atoms with Gasteiger partial charge >= 0.3 is 0 Å². The van der Waals surface area contributed by atoms with Gasteiger partial charge in [0.2, 0.25) is 0 Å². The maximum atomic E-state index is 13.8. The van der Waals surface area contributed by atoms with Crippen molar-refractivity contribution in [2.24, 2.45) is 0 Å². The zero-order chi connectivity index (χ0) is 25.4. The molecule has 36 heavy (non-hydrogen) atoms. The molecule has 3 heterocycles. The van der Waals surface area contributed by atoms with Crippen LogP contribution in [0.2, 0.25) is 5.02 Å². The molecular weight excluding hydrogens is 514 g/mol. The van der Waals surface area contributed by atoms with E-state index in [0.717, 1.165) is 38.8 Å². The number of halogens is 1. The Hall–Kier alpha value is -3.20. The van der Waals surface area contributed by atoms with Crippen LogP contribution in [0.3, 0.4) is 0 Å². The van der Waals surface area contributed by atoms with E-state index in [9.17, 15) is 9.59 Å². The molecule has 0 spiro atoms. The van der Waals surface area contributed by atoms with E-state index < -0.39 is 0 Å². The van der Waals surface area contributed by atoms with Crippen molar-refractivity contribution >= 4 is 51.8 Å². The largest absolute Gasteiger partial charge is 0.496 e. The second-order valence-electron chi connectivity index (χ2n) is 8.45. The number of hydrogen-bond donors (Lipinski definition) is 1. The Kier molecular flexibility index (Phi) is 6.83. The highest BCUT2D eigenvalue weighted by molar-refractivity contribution is 7.12. The molecule has 5 rings (SSSR count). The molecule has 0 unspecified atom stereocenters. The van der Waals surface area contributed by atoms with E-state index in [0.29, 0.717) is 35.0 Å². The van der Waals surface area contributed by atoms with Gasteiger partial charge in [-0.3, -0.25) is 9.59 Å². The van der Waals surface area contributed by atoms with E-state index in [4.69, 9.17) is 21.3 Å². The van der Waals surface area contributed by atoms with Gasteiger partial charge in [0, 0.05) is 38.7 Å². The van der Waals surface area contributed by atoms with Gasteiger partial charge in [0.15, 0.2) is 0 Å². The van der Waals surface area contributed by atoms with Crippen LogP contribution in [-0.2, 0) is 13.0 Å². The van der Waals surface area contributed by atoms with Crippen molar-refractivity contribution in [2.75, 3.05) is 18.6 Å². The lowest BCUT2D eigenvalue weighted by molar-refractivity contribution is 0.0947. The normalized spacial score (nSPS) is 12.5. The number of anilines is 1. The fraction of sp³-hybridized carbons (Fsp3) is 0.222. The van der Waals surface area contributed by atoms with Gasteiger partial charge in [-0.05, 0) is 43.7 Å². The van der Waals surface area contributed by atoms with Crippen molar-refractivity contribution in [3.63, 3.8) is 0 Å². The maximum Gasteiger partial charge on any atom is 0.259 e. The lowest BCUT2D eigenvalue weighted by Gasteiger charge is -2.23. The van der Waals surface area contributed by atoms with Crippen LogP contribution >= 0.6 is 34.3 Å². The van der Waals surface area contributed by atoms with Crippen molar-refractivity contribution in [3.05, 3.63) is 84.3 Å². The molecule has 0 bridgehead atoms. The predicted octanol–water partition coefficient (Wildman–Crippen LogP) is 6.28. The van der Waals surface area contributed by atoms with Crippen LogP contribution in [0.5, 0.6) is 5.75 Å². The van der Waals surface area contributed by atoms with Gasteiger partial charge in [-0.25, -0.2) is 4.98 Å². The Balaban J connectivity index is 1.37. The number of nitrogens with zero attached hydrogens (tertiary/aromatic N) is 2. The zero-order valence-corrected chi connectivity index (χ0v) is 22.4. The van der Waals surface area contributed by atoms with Crippen LogP contribution in [0, 0.1) is 13.8 Å². The summed E-state index contributed by atoms with van der Waals surface area (Å²) >= 11 is 9.17. The van der Waals surface area contributed by atoms with Gasteiger partial charge in [0.25, 0.3) is 11.8 Å². The highest BCUT2D eigenvalue weighted by atomic mass is 35.5. The first-order valence-electron chi connectivity index (χ1n) is 11.4. The summed E-state index contributed by atoms with van der Waals surface area (Å²) in [4.78, 5) is 35.3. The molecule has 0 radical (unpaired) electrons. The van der Waals surface area contributed by atoms with Crippen LogP contribution < -0.4 is 15.0 Å². The third-order valence-electron chi connectivity index (χ3n) is 6.25. The first kappa shape index (κ1) is 24.5. The summed E-state index contributed by atoms with van der Waals surface area (Å²) in [6, 6.07) is 12.9. The minimum Gasteiger partial charge on any atom is -0.496 e. The number of carbonyl (C=O) groups is 2. The molecule has 0 fully saturated rings. The molecule has 1 N–H and O–H groups in total. The van der Waals surface area contributed by atoms with Gasteiger partial charge in [-0.2, -0.15) is 0 Å². The molecule has 6 nitrogen and oxygen atoms in total. The van der Waals surface area contributed by atoms with Crippen LogP contribution in [0.4, 0.5) is 5.69 Å². The number of nitrogens with one attached hydrogen (secondary N) is 1. The number of thiophene rings is 1. The molecule has 0 saturated heterocycles. The molecule has 1 aliphatic heterocycles. The molecule has 2 aromatic heterocycles. The summed E-state index contributed by atoms with van der Waals surface area (Å²) in [7, 11) is 1.50. The Morgan fingerprint density at radius 2 is 1.97 bits per heavy atom. The van der Waals surface area contributed by atoms with Crippen LogP contribution in [0.1, 0.15) is 41.0 Å². The summed E-state index contributed by atoms with van der Waals surface area (Å²) in [5, 5.41) is 6.35. The minimum atomic E-state index is -0.264. The minimum absolute atomic E-state index is 0.0416. The number of methoxy groups -OCH3 is 1. The number of benzene rings is 2. The monoisotopic (exact) mass is 537 g/mol. The Morgan fingerprint density at radius 1 is 1.17 bits per heavy atom. The number of thiazole rings is 1. The quantitative estimate of drug-likeness (QED) is 0.325.